The molecule has 0 saturated carbocycles. The van der Waals surface area contributed by atoms with Gasteiger partial charge in [0, 0.05) is 25.2 Å². The minimum absolute atomic E-state index is 0.581. The van der Waals surface area contributed by atoms with Crippen LogP contribution in [0.15, 0.2) is 18.3 Å². The van der Waals surface area contributed by atoms with Crippen molar-refractivity contribution in [2.24, 2.45) is 5.92 Å². The second-order valence-corrected chi connectivity index (χ2v) is 4.74. The van der Waals surface area contributed by atoms with Crippen LogP contribution in [0, 0.1) is 5.92 Å². The molecule has 3 nitrogen and oxygen atoms in total. The Kier molecular flexibility index (Phi) is 4.49. The molecule has 17 heavy (non-hydrogen) atoms. The van der Waals surface area contributed by atoms with Gasteiger partial charge in [0.05, 0.1) is 6.61 Å². The topological polar surface area (TPSA) is 25.4 Å². The first-order valence-corrected chi connectivity index (χ1v) is 6.77. The van der Waals surface area contributed by atoms with Crippen molar-refractivity contribution in [3.8, 4) is 5.75 Å². The third-order valence-corrected chi connectivity index (χ3v) is 3.45. The van der Waals surface area contributed by atoms with E-state index in [1.165, 1.54) is 0 Å². The van der Waals surface area contributed by atoms with E-state index < -0.39 is 0 Å². The molecular weight excluding hydrogens is 236 g/mol. The lowest BCUT2D eigenvalue weighted by Crippen LogP contribution is -2.22. The van der Waals surface area contributed by atoms with Crippen molar-refractivity contribution >= 4 is 17.4 Å². The molecule has 1 fully saturated rings. The zero-order valence-corrected chi connectivity index (χ0v) is 11.0. The number of hydrogen-bond acceptors (Lipinski definition) is 3. The van der Waals surface area contributed by atoms with Crippen LogP contribution >= 0.6 is 11.6 Å². The lowest BCUT2D eigenvalue weighted by atomic mass is 10.2. The van der Waals surface area contributed by atoms with Crippen LogP contribution in [-0.2, 0) is 0 Å². The Morgan fingerprint density at radius 1 is 1.59 bits per heavy atom. The molecule has 0 bridgehead atoms. The summed E-state index contributed by atoms with van der Waals surface area (Å²) in [5.41, 5.74) is 0. The average molecular weight is 255 g/mol. The molecule has 4 heteroatoms. The van der Waals surface area contributed by atoms with E-state index in [4.69, 9.17) is 16.3 Å². The molecule has 0 amide bonds. The predicted molar refractivity (Wildman–Crippen MR) is 71.1 cm³/mol. The summed E-state index contributed by atoms with van der Waals surface area (Å²) in [7, 11) is 0. The number of halogens is 1. The Morgan fingerprint density at radius 2 is 2.47 bits per heavy atom. The quantitative estimate of drug-likeness (QED) is 0.756. The lowest BCUT2D eigenvalue weighted by molar-refractivity contribution is 0.316. The van der Waals surface area contributed by atoms with E-state index in [1.807, 2.05) is 18.3 Å². The van der Waals surface area contributed by atoms with Gasteiger partial charge in [-0.15, -0.1) is 11.6 Å². The SMILES string of the molecule is CCCOc1cccnc1N1CCC(CCl)C1. The van der Waals surface area contributed by atoms with Crippen molar-refractivity contribution in [1.82, 2.24) is 4.98 Å². The summed E-state index contributed by atoms with van der Waals surface area (Å²) in [5, 5.41) is 0. The van der Waals surface area contributed by atoms with Gasteiger partial charge in [-0.25, -0.2) is 4.98 Å². The first-order valence-electron chi connectivity index (χ1n) is 6.24. The molecule has 1 saturated heterocycles. The lowest BCUT2D eigenvalue weighted by Gasteiger charge is -2.20. The van der Waals surface area contributed by atoms with Gasteiger partial charge >= 0.3 is 0 Å². The maximum absolute atomic E-state index is 5.91. The van der Waals surface area contributed by atoms with E-state index in [2.05, 4.69) is 16.8 Å². The van der Waals surface area contributed by atoms with Crippen LogP contribution in [-0.4, -0.2) is 30.6 Å². The largest absolute Gasteiger partial charge is 0.490 e. The van der Waals surface area contributed by atoms with Gasteiger partial charge in [0.2, 0.25) is 0 Å². The third kappa shape index (κ3) is 3.03. The summed E-state index contributed by atoms with van der Waals surface area (Å²) in [6.45, 7) is 4.86. The van der Waals surface area contributed by atoms with Crippen LogP contribution in [0.3, 0.4) is 0 Å². The normalized spacial score (nSPS) is 19.6. The van der Waals surface area contributed by atoms with Crippen LogP contribution in [0.25, 0.3) is 0 Å². The van der Waals surface area contributed by atoms with E-state index in [9.17, 15) is 0 Å². The second kappa shape index (κ2) is 6.10. The van der Waals surface area contributed by atoms with Crippen molar-refractivity contribution in [2.45, 2.75) is 19.8 Å². The van der Waals surface area contributed by atoms with Crippen molar-refractivity contribution in [3.63, 3.8) is 0 Å². The molecule has 1 aromatic heterocycles. The molecule has 2 rings (SSSR count). The maximum Gasteiger partial charge on any atom is 0.171 e. The Bertz CT molecular complexity index is 359. The highest BCUT2D eigenvalue weighted by Crippen LogP contribution is 2.30. The molecule has 94 valence electrons. The first kappa shape index (κ1) is 12.5. The zero-order valence-electron chi connectivity index (χ0n) is 10.2. The van der Waals surface area contributed by atoms with Crippen molar-refractivity contribution in [2.75, 3.05) is 30.5 Å². The fourth-order valence-corrected chi connectivity index (χ4v) is 2.35. The van der Waals surface area contributed by atoms with Gasteiger partial charge < -0.3 is 9.64 Å². The van der Waals surface area contributed by atoms with E-state index in [1.54, 1.807) is 0 Å². The summed E-state index contributed by atoms with van der Waals surface area (Å²) in [6, 6.07) is 3.91. The number of ether oxygens (including phenoxy) is 1. The molecule has 1 atom stereocenters. The predicted octanol–water partition coefficient (Wildman–Crippen LogP) is 2.94. The number of nitrogens with zero attached hydrogens (tertiary/aromatic N) is 2. The van der Waals surface area contributed by atoms with Crippen LogP contribution in [0.1, 0.15) is 19.8 Å². The second-order valence-electron chi connectivity index (χ2n) is 4.43. The molecule has 1 aliphatic rings. The van der Waals surface area contributed by atoms with Gasteiger partial charge in [0.15, 0.2) is 11.6 Å². The molecule has 0 spiro atoms. The van der Waals surface area contributed by atoms with E-state index in [-0.39, 0.29) is 0 Å². The summed E-state index contributed by atoms with van der Waals surface area (Å²) in [4.78, 5) is 6.72. The Morgan fingerprint density at radius 3 is 3.18 bits per heavy atom. The van der Waals surface area contributed by atoms with Crippen LogP contribution in [0.4, 0.5) is 5.82 Å². The Hall–Kier alpha value is -0.960. The molecule has 1 aromatic rings. The number of hydrogen-bond donors (Lipinski definition) is 0. The summed E-state index contributed by atoms with van der Waals surface area (Å²) < 4.78 is 5.73. The zero-order chi connectivity index (χ0) is 12.1. The van der Waals surface area contributed by atoms with Crippen molar-refractivity contribution < 1.29 is 4.74 Å². The number of pyridine rings is 1. The Labute approximate surface area is 108 Å². The number of rotatable bonds is 5. The average Bonchev–Trinajstić information content (AvgIpc) is 2.85. The number of alkyl halides is 1. The highest BCUT2D eigenvalue weighted by Gasteiger charge is 2.24. The van der Waals surface area contributed by atoms with Gasteiger partial charge in [-0.2, -0.15) is 0 Å². The standard InChI is InChI=1S/C13H19ClN2O/c1-2-8-17-12-4-3-6-15-13(12)16-7-5-11(9-14)10-16/h3-4,6,11H,2,5,7-10H2,1H3. The van der Waals surface area contributed by atoms with E-state index >= 15 is 0 Å². The number of anilines is 1. The van der Waals surface area contributed by atoms with Crippen LogP contribution in [0.2, 0.25) is 0 Å². The van der Waals surface area contributed by atoms with Crippen LogP contribution in [0.5, 0.6) is 5.75 Å². The van der Waals surface area contributed by atoms with Gasteiger partial charge in [-0.1, -0.05) is 6.92 Å². The fourth-order valence-electron chi connectivity index (χ4n) is 2.10. The fraction of sp³-hybridized carbons (Fsp3) is 0.615. The molecule has 0 aromatic carbocycles. The van der Waals surface area contributed by atoms with Crippen molar-refractivity contribution in [3.05, 3.63) is 18.3 Å². The minimum atomic E-state index is 0.581. The Balaban J connectivity index is 2.09. The summed E-state index contributed by atoms with van der Waals surface area (Å²) >= 11 is 5.91. The molecule has 1 unspecified atom stereocenters. The maximum atomic E-state index is 5.91. The van der Waals surface area contributed by atoms with Gasteiger partial charge in [-0.05, 0) is 30.9 Å². The molecule has 0 radical (unpaired) electrons. The highest BCUT2D eigenvalue weighted by atomic mass is 35.5. The van der Waals surface area contributed by atoms with Gasteiger partial charge in [0.25, 0.3) is 0 Å². The molecule has 0 N–H and O–H groups in total. The summed E-state index contributed by atoms with van der Waals surface area (Å²) in [5.74, 6) is 3.17. The van der Waals surface area contributed by atoms with Crippen LogP contribution < -0.4 is 9.64 Å². The third-order valence-electron chi connectivity index (χ3n) is 3.02. The molecule has 1 aliphatic heterocycles. The van der Waals surface area contributed by atoms with E-state index in [0.717, 1.165) is 50.0 Å². The summed E-state index contributed by atoms with van der Waals surface area (Å²) in [6.07, 6.45) is 3.98. The molecular formula is C13H19ClN2O. The molecule has 0 aliphatic carbocycles. The van der Waals surface area contributed by atoms with Crippen molar-refractivity contribution in [1.29, 1.82) is 0 Å². The van der Waals surface area contributed by atoms with E-state index in [0.29, 0.717) is 5.92 Å². The monoisotopic (exact) mass is 254 g/mol. The van der Waals surface area contributed by atoms with Gasteiger partial charge in [0.1, 0.15) is 0 Å². The number of aromatic nitrogens is 1. The first-order chi connectivity index (χ1) is 8.35. The molecule has 2 heterocycles. The smallest absolute Gasteiger partial charge is 0.171 e. The van der Waals surface area contributed by atoms with Gasteiger partial charge in [-0.3, -0.25) is 0 Å². The minimum Gasteiger partial charge on any atom is -0.490 e. The highest BCUT2D eigenvalue weighted by molar-refractivity contribution is 6.18.